The molecule has 0 saturated heterocycles. The van der Waals surface area contributed by atoms with E-state index in [4.69, 9.17) is 15.5 Å². The van der Waals surface area contributed by atoms with Gasteiger partial charge in [0.25, 0.3) is 5.91 Å². The SMILES string of the molecule is CCN(CCNC(=O)Nc1nc(N)c(-c2nc(-c3cccc(NC(=O)c4cccc(OC)c4)c3)cs2)s1)c1cccc(C)c1. The number of hydrogen-bond acceptors (Lipinski definition) is 9. The van der Waals surface area contributed by atoms with Crippen LogP contribution in [0.4, 0.5) is 27.1 Å². The molecule has 0 aliphatic rings. The van der Waals surface area contributed by atoms with Crippen molar-refractivity contribution in [3.63, 3.8) is 0 Å². The van der Waals surface area contributed by atoms with Gasteiger partial charge in [0.2, 0.25) is 0 Å². The van der Waals surface area contributed by atoms with Crippen molar-refractivity contribution < 1.29 is 14.3 Å². The van der Waals surface area contributed by atoms with Crippen molar-refractivity contribution in [1.29, 1.82) is 0 Å². The van der Waals surface area contributed by atoms with Gasteiger partial charge in [0.15, 0.2) is 5.13 Å². The molecule has 5 aromatic rings. The molecule has 0 fully saturated rings. The number of likely N-dealkylation sites (N-methyl/N-ethyl adjacent to an activating group) is 1. The molecule has 5 N–H and O–H groups in total. The highest BCUT2D eigenvalue weighted by atomic mass is 32.1. The molecule has 0 aliphatic heterocycles. The summed E-state index contributed by atoms with van der Waals surface area (Å²) in [5.41, 5.74) is 11.2. The van der Waals surface area contributed by atoms with Crippen molar-refractivity contribution in [3.05, 3.63) is 89.3 Å². The number of benzene rings is 3. The van der Waals surface area contributed by atoms with Crippen LogP contribution in [-0.2, 0) is 0 Å². The number of methoxy groups -OCH3 is 1. The molecule has 2 aromatic heterocycles. The van der Waals surface area contributed by atoms with Gasteiger partial charge in [-0.2, -0.15) is 0 Å². The highest BCUT2D eigenvalue weighted by Crippen LogP contribution is 2.38. The second-order valence-corrected chi connectivity index (χ2v) is 11.7. The molecule has 2 heterocycles. The quantitative estimate of drug-likeness (QED) is 0.128. The average Bonchev–Trinajstić information content (AvgIpc) is 3.66. The average molecular weight is 628 g/mol. The van der Waals surface area contributed by atoms with Crippen LogP contribution < -0.4 is 31.3 Å². The Kier molecular flexibility index (Phi) is 9.72. The van der Waals surface area contributed by atoms with E-state index in [1.54, 1.807) is 31.4 Å². The first-order chi connectivity index (χ1) is 21.3. The third-order valence-corrected chi connectivity index (χ3v) is 8.72. The first-order valence-corrected chi connectivity index (χ1v) is 15.7. The van der Waals surface area contributed by atoms with Gasteiger partial charge in [-0.25, -0.2) is 14.8 Å². The number of nitrogens with one attached hydrogen (secondary N) is 3. The minimum atomic E-state index is -0.349. The minimum absolute atomic E-state index is 0.240. The van der Waals surface area contributed by atoms with Crippen LogP contribution >= 0.6 is 22.7 Å². The molecule has 0 spiro atoms. The molecular weight excluding hydrogens is 595 g/mol. The number of rotatable bonds is 11. The van der Waals surface area contributed by atoms with Crippen molar-refractivity contribution in [1.82, 2.24) is 15.3 Å². The molecule has 0 bridgehead atoms. The van der Waals surface area contributed by atoms with Crippen molar-refractivity contribution in [2.75, 3.05) is 48.0 Å². The zero-order chi connectivity index (χ0) is 31.1. The summed E-state index contributed by atoms with van der Waals surface area (Å²) < 4.78 is 5.22. The molecule has 226 valence electrons. The van der Waals surface area contributed by atoms with Gasteiger partial charge in [0.1, 0.15) is 21.5 Å². The largest absolute Gasteiger partial charge is 0.497 e. The fraction of sp³-hybridized carbons (Fsp3) is 0.188. The summed E-state index contributed by atoms with van der Waals surface area (Å²) in [5, 5.41) is 11.6. The van der Waals surface area contributed by atoms with Gasteiger partial charge in [0.05, 0.1) is 12.8 Å². The number of urea groups is 1. The fourth-order valence-corrected chi connectivity index (χ4v) is 6.32. The monoisotopic (exact) mass is 627 g/mol. The van der Waals surface area contributed by atoms with Gasteiger partial charge >= 0.3 is 6.03 Å². The van der Waals surface area contributed by atoms with Crippen LogP contribution in [0.15, 0.2) is 78.2 Å². The molecular formula is C32H33N7O3S2. The van der Waals surface area contributed by atoms with Gasteiger partial charge in [0, 0.05) is 47.5 Å². The van der Waals surface area contributed by atoms with E-state index in [0.717, 1.165) is 23.5 Å². The number of aryl methyl sites for hydroxylation is 1. The predicted molar refractivity (Wildman–Crippen MR) is 180 cm³/mol. The van der Waals surface area contributed by atoms with E-state index in [-0.39, 0.29) is 11.9 Å². The number of amides is 3. The second-order valence-electron chi connectivity index (χ2n) is 9.84. The van der Waals surface area contributed by atoms with Gasteiger partial charge in [-0.05, 0) is 61.9 Å². The molecule has 12 heteroatoms. The Labute approximate surface area is 263 Å². The van der Waals surface area contributed by atoms with Gasteiger partial charge < -0.3 is 26.0 Å². The van der Waals surface area contributed by atoms with Gasteiger partial charge in [-0.1, -0.05) is 41.7 Å². The summed E-state index contributed by atoms with van der Waals surface area (Å²) in [7, 11) is 1.56. The van der Waals surface area contributed by atoms with Crippen molar-refractivity contribution in [2.24, 2.45) is 0 Å². The number of anilines is 4. The van der Waals surface area contributed by atoms with E-state index in [9.17, 15) is 9.59 Å². The topological polar surface area (TPSA) is 134 Å². The normalized spacial score (nSPS) is 10.7. The lowest BCUT2D eigenvalue weighted by Crippen LogP contribution is -2.37. The van der Waals surface area contributed by atoms with Crippen LogP contribution in [-0.4, -0.2) is 48.7 Å². The molecule has 0 saturated carbocycles. The summed E-state index contributed by atoms with van der Waals surface area (Å²) in [6.45, 7) is 6.12. The highest BCUT2D eigenvalue weighted by Gasteiger charge is 2.17. The molecule has 0 radical (unpaired) electrons. The van der Waals surface area contributed by atoms with E-state index in [0.29, 0.717) is 50.9 Å². The smallest absolute Gasteiger partial charge is 0.321 e. The zero-order valence-electron chi connectivity index (χ0n) is 24.6. The van der Waals surface area contributed by atoms with Gasteiger partial charge in [-0.3, -0.25) is 10.1 Å². The van der Waals surface area contributed by atoms with Crippen molar-refractivity contribution in [2.45, 2.75) is 13.8 Å². The fourth-order valence-electron chi connectivity index (χ4n) is 4.51. The Bertz CT molecular complexity index is 1770. The Balaban J connectivity index is 1.19. The lowest BCUT2D eigenvalue weighted by molar-refractivity contribution is 0.102. The Hall–Kier alpha value is -4.94. The second kappa shape index (κ2) is 14.0. The van der Waals surface area contributed by atoms with E-state index in [1.165, 1.54) is 28.2 Å². The molecule has 3 aromatic carbocycles. The van der Waals surface area contributed by atoms with Crippen LogP contribution in [0.25, 0.3) is 21.1 Å². The minimum Gasteiger partial charge on any atom is -0.497 e. The van der Waals surface area contributed by atoms with E-state index >= 15 is 0 Å². The molecule has 0 atom stereocenters. The maximum atomic E-state index is 12.8. The first-order valence-electron chi connectivity index (χ1n) is 14.0. The number of carbonyl (C=O) groups excluding carboxylic acids is 2. The van der Waals surface area contributed by atoms with Crippen LogP contribution in [0.2, 0.25) is 0 Å². The van der Waals surface area contributed by atoms with Crippen LogP contribution in [0, 0.1) is 6.92 Å². The first kappa shape index (κ1) is 30.5. The third-order valence-electron chi connectivity index (χ3n) is 6.74. The number of hydrogen-bond donors (Lipinski definition) is 4. The summed E-state index contributed by atoms with van der Waals surface area (Å²) in [5.74, 6) is 0.664. The molecule has 10 nitrogen and oxygen atoms in total. The molecule has 3 amide bonds. The lowest BCUT2D eigenvalue weighted by Gasteiger charge is -2.23. The van der Waals surface area contributed by atoms with Crippen molar-refractivity contribution >= 4 is 56.9 Å². The zero-order valence-corrected chi connectivity index (χ0v) is 26.2. The van der Waals surface area contributed by atoms with Crippen molar-refractivity contribution in [3.8, 4) is 26.9 Å². The Morgan fingerprint density at radius 2 is 1.82 bits per heavy atom. The summed E-state index contributed by atoms with van der Waals surface area (Å²) in [4.78, 5) is 37.3. The van der Waals surface area contributed by atoms with Gasteiger partial charge in [-0.15, -0.1) is 11.3 Å². The molecule has 5 rings (SSSR count). The number of aromatic nitrogens is 2. The molecule has 44 heavy (non-hydrogen) atoms. The molecule has 0 unspecified atom stereocenters. The number of nitrogen functional groups attached to an aromatic ring is 1. The Morgan fingerprint density at radius 3 is 2.61 bits per heavy atom. The van der Waals surface area contributed by atoms with Crippen LogP contribution in [0.3, 0.4) is 0 Å². The Morgan fingerprint density at radius 1 is 1.00 bits per heavy atom. The van der Waals surface area contributed by atoms with E-state index in [1.807, 2.05) is 35.7 Å². The maximum Gasteiger partial charge on any atom is 0.321 e. The predicted octanol–water partition coefficient (Wildman–Crippen LogP) is 6.73. The maximum absolute atomic E-state index is 12.8. The lowest BCUT2D eigenvalue weighted by atomic mass is 10.1. The highest BCUT2D eigenvalue weighted by molar-refractivity contribution is 7.23. The number of nitrogens with zero attached hydrogens (tertiary/aromatic N) is 3. The van der Waals surface area contributed by atoms with E-state index < -0.39 is 0 Å². The molecule has 0 aliphatic carbocycles. The van der Waals surface area contributed by atoms with Crippen LogP contribution in [0.1, 0.15) is 22.8 Å². The summed E-state index contributed by atoms with van der Waals surface area (Å²) in [6, 6.07) is 22.4. The number of carbonyl (C=O) groups is 2. The summed E-state index contributed by atoms with van der Waals surface area (Å²) in [6.07, 6.45) is 0. The third kappa shape index (κ3) is 7.52. The number of thiazole rings is 2. The number of ether oxygens (including phenoxy) is 1. The van der Waals surface area contributed by atoms with E-state index in [2.05, 4.69) is 57.9 Å². The summed E-state index contributed by atoms with van der Waals surface area (Å²) >= 11 is 2.69. The standard InChI is InChI=1S/C32H33N7O3S2/c1-4-39(24-12-5-8-20(2)16-24)15-14-34-31(41)38-32-37-28(33)27(44-32)30-36-26(19-43-30)21-9-6-11-23(17-21)35-29(40)22-10-7-13-25(18-22)42-3/h5-13,16-19H,4,14-15,33H2,1-3H3,(H,35,40)(H2,34,37,38,41). The number of nitrogens with two attached hydrogens (primary N) is 1. The van der Waals surface area contributed by atoms with Crippen LogP contribution in [0.5, 0.6) is 5.75 Å².